The lowest BCUT2D eigenvalue weighted by atomic mass is 9.97. The second-order valence-corrected chi connectivity index (χ2v) is 8.45. The van der Waals surface area contributed by atoms with E-state index in [2.05, 4.69) is 25.7 Å². The van der Waals surface area contributed by atoms with Gasteiger partial charge in [-0.15, -0.1) is 10.2 Å². The third-order valence-electron chi connectivity index (χ3n) is 5.04. The van der Waals surface area contributed by atoms with Crippen LogP contribution in [0.4, 0.5) is 15.8 Å². The molecular formula is C22H22FN5O2S. The molecule has 4 rings (SSSR count). The summed E-state index contributed by atoms with van der Waals surface area (Å²) in [5, 5.41) is 14.7. The molecule has 1 aliphatic rings. The number of aromatic nitrogens is 2. The van der Waals surface area contributed by atoms with E-state index in [9.17, 15) is 14.0 Å². The lowest BCUT2D eigenvalue weighted by Crippen LogP contribution is -2.40. The first kappa shape index (κ1) is 21.1. The first-order chi connectivity index (χ1) is 15.1. The van der Waals surface area contributed by atoms with Gasteiger partial charge in [-0.3, -0.25) is 14.5 Å². The molecule has 1 aliphatic heterocycles. The van der Waals surface area contributed by atoms with E-state index in [4.69, 9.17) is 0 Å². The number of hydrogen-bond acceptors (Lipinski definition) is 6. The molecule has 0 saturated carbocycles. The minimum Gasteiger partial charge on any atom is -0.326 e. The van der Waals surface area contributed by atoms with Gasteiger partial charge < -0.3 is 10.6 Å². The fraction of sp³-hybridized carbons (Fsp3) is 0.273. The van der Waals surface area contributed by atoms with Crippen molar-refractivity contribution in [3.63, 3.8) is 0 Å². The van der Waals surface area contributed by atoms with Gasteiger partial charge in [0.25, 0.3) is 5.91 Å². The van der Waals surface area contributed by atoms with Crippen molar-refractivity contribution in [3.8, 4) is 0 Å². The van der Waals surface area contributed by atoms with Crippen LogP contribution in [0.5, 0.6) is 0 Å². The first-order valence-corrected chi connectivity index (χ1v) is 10.9. The summed E-state index contributed by atoms with van der Waals surface area (Å²) < 4.78 is 13.0. The number of piperidine rings is 1. The SMILES string of the molecule is O=C(Nc1ccc(F)cc1)c1nnc(CN2CCC[C@H](C(=O)Nc3ccccc3)C2)s1. The van der Waals surface area contributed by atoms with E-state index in [0.717, 1.165) is 25.1 Å². The average molecular weight is 440 g/mol. The van der Waals surface area contributed by atoms with Crippen LogP contribution in [-0.4, -0.2) is 40.0 Å². The van der Waals surface area contributed by atoms with E-state index in [1.807, 2.05) is 30.3 Å². The third-order valence-corrected chi connectivity index (χ3v) is 5.95. The van der Waals surface area contributed by atoms with Crippen molar-refractivity contribution < 1.29 is 14.0 Å². The summed E-state index contributed by atoms with van der Waals surface area (Å²) in [5.41, 5.74) is 1.29. The van der Waals surface area contributed by atoms with Crippen molar-refractivity contribution in [2.75, 3.05) is 23.7 Å². The number of para-hydroxylation sites is 1. The molecule has 2 aromatic carbocycles. The molecule has 1 saturated heterocycles. The molecule has 0 radical (unpaired) electrons. The number of likely N-dealkylation sites (tertiary alicyclic amines) is 1. The maximum Gasteiger partial charge on any atom is 0.286 e. The first-order valence-electron chi connectivity index (χ1n) is 10.0. The maximum atomic E-state index is 13.0. The molecule has 9 heteroatoms. The van der Waals surface area contributed by atoms with Crippen LogP contribution >= 0.6 is 11.3 Å². The van der Waals surface area contributed by atoms with Crippen LogP contribution in [0.25, 0.3) is 0 Å². The Morgan fingerprint density at radius 1 is 1.03 bits per heavy atom. The molecule has 160 valence electrons. The molecule has 1 fully saturated rings. The highest BCUT2D eigenvalue weighted by atomic mass is 32.1. The predicted molar refractivity (Wildman–Crippen MR) is 117 cm³/mol. The van der Waals surface area contributed by atoms with Crippen molar-refractivity contribution in [2.45, 2.75) is 19.4 Å². The summed E-state index contributed by atoms with van der Waals surface area (Å²) in [6.45, 7) is 2.04. The Labute approximate surface area is 183 Å². The minimum atomic E-state index is -0.380. The van der Waals surface area contributed by atoms with Gasteiger partial charge in [-0.05, 0) is 55.8 Å². The van der Waals surface area contributed by atoms with Crippen molar-refractivity contribution in [1.82, 2.24) is 15.1 Å². The number of halogens is 1. The van der Waals surface area contributed by atoms with Crippen LogP contribution in [0.15, 0.2) is 54.6 Å². The molecule has 2 amide bonds. The van der Waals surface area contributed by atoms with Gasteiger partial charge in [0.2, 0.25) is 10.9 Å². The van der Waals surface area contributed by atoms with Crippen LogP contribution in [0.3, 0.4) is 0 Å². The Morgan fingerprint density at radius 3 is 2.55 bits per heavy atom. The van der Waals surface area contributed by atoms with Crippen molar-refractivity contribution in [2.24, 2.45) is 5.92 Å². The molecule has 1 atom stereocenters. The number of anilines is 2. The van der Waals surface area contributed by atoms with Crippen molar-refractivity contribution in [1.29, 1.82) is 0 Å². The minimum absolute atomic E-state index is 0.0209. The molecule has 7 nitrogen and oxygen atoms in total. The number of benzene rings is 2. The Hall–Kier alpha value is -3.17. The van der Waals surface area contributed by atoms with Crippen LogP contribution in [-0.2, 0) is 11.3 Å². The Kier molecular flexibility index (Phi) is 6.63. The summed E-state index contributed by atoms with van der Waals surface area (Å²) in [6, 6.07) is 15.0. The van der Waals surface area contributed by atoms with Gasteiger partial charge in [0.05, 0.1) is 12.5 Å². The van der Waals surface area contributed by atoms with Gasteiger partial charge in [-0.2, -0.15) is 0 Å². The van der Waals surface area contributed by atoms with E-state index in [1.54, 1.807) is 0 Å². The molecule has 1 aromatic heterocycles. The van der Waals surface area contributed by atoms with E-state index < -0.39 is 0 Å². The molecule has 2 N–H and O–H groups in total. The predicted octanol–water partition coefficient (Wildman–Crippen LogP) is 3.78. The molecule has 0 spiro atoms. The second-order valence-electron chi connectivity index (χ2n) is 7.39. The van der Waals surface area contributed by atoms with Gasteiger partial charge in [0.15, 0.2) is 0 Å². The molecule has 0 bridgehead atoms. The van der Waals surface area contributed by atoms with Crippen LogP contribution in [0.1, 0.15) is 27.7 Å². The average Bonchev–Trinajstić information content (AvgIpc) is 3.25. The molecule has 3 aromatic rings. The van der Waals surface area contributed by atoms with Gasteiger partial charge in [0, 0.05) is 17.9 Å². The number of carbonyl (C=O) groups is 2. The normalized spacial score (nSPS) is 16.6. The van der Waals surface area contributed by atoms with Crippen LogP contribution < -0.4 is 10.6 Å². The second kappa shape index (κ2) is 9.76. The highest BCUT2D eigenvalue weighted by Crippen LogP contribution is 2.22. The van der Waals surface area contributed by atoms with Gasteiger partial charge in [-0.25, -0.2) is 4.39 Å². The number of amides is 2. The lowest BCUT2D eigenvalue weighted by Gasteiger charge is -2.31. The summed E-state index contributed by atoms with van der Waals surface area (Å²) in [7, 11) is 0. The molecule has 0 aliphatic carbocycles. The number of carbonyl (C=O) groups excluding carboxylic acids is 2. The fourth-order valence-corrected chi connectivity index (χ4v) is 4.27. The standard InChI is InChI=1S/C22H22FN5O2S/c23-16-8-10-18(11-9-16)25-21(30)22-27-26-19(31-22)14-28-12-4-5-15(13-28)20(29)24-17-6-2-1-3-7-17/h1-3,6-11,15H,4-5,12-14H2,(H,24,29)(H,25,30)/t15-/m0/s1. The number of nitrogens with zero attached hydrogens (tertiary/aromatic N) is 3. The van der Waals surface area contributed by atoms with Gasteiger partial charge >= 0.3 is 0 Å². The zero-order valence-electron chi connectivity index (χ0n) is 16.8. The van der Waals surface area contributed by atoms with Gasteiger partial charge in [0.1, 0.15) is 10.8 Å². The monoisotopic (exact) mass is 439 g/mol. The number of hydrogen-bond donors (Lipinski definition) is 2. The smallest absolute Gasteiger partial charge is 0.286 e. The highest BCUT2D eigenvalue weighted by Gasteiger charge is 2.27. The Bertz CT molecular complexity index is 1040. The fourth-order valence-electron chi connectivity index (χ4n) is 3.50. The molecular weight excluding hydrogens is 417 g/mol. The van der Waals surface area contributed by atoms with E-state index in [0.29, 0.717) is 23.8 Å². The maximum absolute atomic E-state index is 13.0. The summed E-state index contributed by atoms with van der Waals surface area (Å²) in [4.78, 5) is 27.1. The topological polar surface area (TPSA) is 87.2 Å². The zero-order valence-corrected chi connectivity index (χ0v) is 17.6. The summed E-state index contributed by atoms with van der Waals surface area (Å²) in [6.07, 6.45) is 1.76. The van der Waals surface area contributed by atoms with E-state index >= 15 is 0 Å². The summed E-state index contributed by atoms with van der Waals surface area (Å²) >= 11 is 1.22. The van der Waals surface area contributed by atoms with Crippen molar-refractivity contribution in [3.05, 3.63) is 70.4 Å². The quantitative estimate of drug-likeness (QED) is 0.610. The van der Waals surface area contributed by atoms with Crippen LogP contribution in [0.2, 0.25) is 0 Å². The van der Waals surface area contributed by atoms with Crippen LogP contribution in [0, 0.1) is 11.7 Å². The van der Waals surface area contributed by atoms with E-state index in [-0.39, 0.29) is 28.6 Å². The third kappa shape index (κ3) is 5.71. The molecule has 0 unspecified atom stereocenters. The Balaban J connectivity index is 1.32. The van der Waals surface area contributed by atoms with E-state index in [1.165, 1.54) is 35.6 Å². The zero-order chi connectivity index (χ0) is 21.6. The number of rotatable bonds is 6. The molecule has 2 heterocycles. The largest absolute Gasteiger partial charge is 0.326 e. The number of nitrogens with one attached hydrogen (secondary N) is 2. The van der Waals surface area contributed by atoms with Gasteiger partial charge in [-0.1, -0.05) is 29.5 Å². The van der Waals surface area contributed by atoms with Crippen molar-refractivity contribution >= 4 is 34.5 Å². The lowest BCUT2D eigenvalue weighted by molar-refractivity contribution is -0.121. The highest BCUT2D eigenvalue weighted by molar-refractivity contribution is 7.13. The molecule has 31 heavy (non-hydrogen) atoms. The Morgan fingerprint density at radius 2 is 1.77 bits per heavy atom. The summed E-state index contributed by atoms with van der Waals surface area (Å²) in [5.74, 6) is -0.821.